The van der Waals surface area contributed by atoms with E-state index in [4.69, 9.17) is 10.2 Å². The molecule has 0 aliphatic rings. The molecule has 0 radical (unpaired) electrons. The smallest absolute Gasteiger partial charge is 0.254 e. The minimum absolute atomic E-state index is 0.158. The summed E-state index contributed by atoms with van der Waals surface area (Å²) in [5, 5.41) is 18.2. The van der Waals surface area contributed by atoms with Crippen LogP contribution in [-0.2, 0) is 6.54 Å². The average molecular weight is 346 g/mol. The first-order valence-electron chi connectivity index (χ1n) is 7.08. The van der Waals surface area contributed by atoms with Gasteiger partial charge in [-0.1, -0.05) is 51.1 Å². The summed E-state index contributed by atoms with van der Waals surface area (Å²) in [6, 6.07) is 9.76. The molecule has 1 aromatic carbocycles. The van der Waals surface area contributed by atoms with Gasteiger partial charge in [0, 0.05) is 6.54 Å². The van der Waals surface area contributed by atoms with E-state index in [1.165, 1.54) is 19.6 Å². The Kier molecular flexibility index (Phi) is 16.5. The number of nitrogens with one attached hydrogen (secondary N) is 1. The van der Waals surface area contributed by atoms with Gasteiger partial charge in [0.25, 0.3) is 10.3 Å². The standard InChI is InChI=1S/C8H9NOS.C6H15N.CH3NOS/c10-8(11)9-6-7-4-2-1-3-5-7;1-4-7(5-2)6-3;2-1(3)4/h1-5H,6H2,(H2,9,10,11);4-6H2,1-3H3;(H3,2,3,4). The first-order valence-corrected chi connectivity index (χ1v) is 7.90. The van der Waals surface area contributed by atoms with E-state index in [9.17, 15) is 0 Å². The molecule has 0 atom stereocenters. The highest BCUT2D eigenvalue weighted by atomic mass is 32.1. The van der Waals surface area contributed by atoms with E-state index in [0.29, 0.717) is 6.54 Å². The van der Waals surface area contributed by atoms with Crippen LogP contribution in [0, 0.1) is 0 Å². The third kappa shape index (κ3) is 18.6. The largest absolute Gasteiger partial charge is 0.487 e. The van der Waals surface area contributed by atoms with Crippen molar-refractivity contribution in [2.24, 2.45) is 5.73 Å². The second-order valence-electron chi connectivity index (χ2n) is 4.10. The van der Waals surface area contributed by atoms with Crippen molar-refractivity contribution in [3.63, 3.8) is 0 Å². The van der Waals surface area contributed by atoms with Gasteiger partial charge in [-0.25, -0.2) is 0 Å². The van der Waals surface area contributed by atoms with E-state index in [1.807, 2.05) is 30.3 Å². The number of nitrogens with zero attached hydrogens (tertiary/aromatic N) is 1. The molecule has 126 valence electrons. The first kappa shape index (κ1) is 22.8. The van der Waals surface area contributed by atoms with Crippen molar-refractivity contribution in [1.29, 1.82) is 0 Å². The van der Waals surface area contributed by atoms with Crippen molar-refractivity contribution in [3.05, 3.63) is 35.9 Å². The second-order valence-corrected chi connectivity index (χ2v) is 4.91. The van der Waals surface area contributed by atoms with Crippen molar-refractivity contribution < 1.29 is 10.2 Å². The molecule has 0 saturated carbocycles. The molecule has 0 fully saturated rings. The van der Waals surface area contributed by atoms with Crippen molar-refractivity contribution in [2.45, 2.75) is 27.3 Å². The van der Waals surface area contributed by atoms with Gasteiger partial charge in [-0.3, -0.25) is 0 Å². The maximum atomic E-state index is 8.63. The molecule has 5 nitrogen and oxygen atoms in total. The molecule has 0 aromatic heterocycles. The number of rotatable bonds is 5. The van der Waals surface area contributed by atoms with Crippen molar-refractivity contribution in [3.8, 4) is 0 Å². The molecule has 7 heteroatoms. The van der Waals surface area contributed by atoms with Gasteiger partial charge in [0.15, 0.2) is 0 Å². The molecule has 0 unspecified atom stereocenters. The Morgan fingerprint density at radius 3 is 1.73 bits per heavy atom. The molecule has 22 heavy (non-hydrogen) atoms. The normalized spacial score (nSPS) is 8.91. The monoisotopic (exact) mass is 345 g/mol. The van der Waals surface area contributed by atoms with Crippen LogP contribution in [-0.4, -0.2) is 45.1 Å². The maximum absolute atomic E-state index is 8.63. The van der Waals surface area contributed by atoms with E-state index in [-0.39, 0.29) is 5.17 Å². The Hall–Kier alpha value is -1.44. The number of aliphatic hydroxyl groups is 2. The number of hydrogen-bond acceptors (Lipinski definition) is 3. The third-order valence-electron chi connectivity index (χ3n) is 2.63. The highest BCUT2D eigenvalue weighted by Crippen LogP contribution is 1.96. The van der Waals surface area contributed by atoms with Gasteiger partial charge in [-0.15, -0.1) is 0 Å². The van der Waals surface area contributed by atoms with Crippen molar-refractivity contribution in [1.82, 2.24) is 10.2 Å². The molecular weight excluding hydrogens is 318 g/mol. The molecule has 0 spiro atoms. The summed E-state index contributed by atoms with van der Waals surface area (Å²) < 4.78 is 0. The van der Waals surface area contributed by atoms with Gasteiger partial charge in [0.2, 0.25) is 0 Å². The van der Waals surface area contributed by atoms with E-state index < -0.39 is 5.17 Å². The Labute approximate surface area is 144 Å². The van der Waals surface area contributed by atoms with Crippen LogP contribution >= 0.6 is 24.4 Å². The molecule has 5 N–H and O–H groups in total. The van der Waals surface area contributed by atoms with E-state index in [1.54, 1.807) is 0 Å². The second kappa shape index (κ2) is 15.9. The minimum atomic E-state index is -0.500. The molecule has 0 bridgehead atoms. The predicted octanol–water partition coefficient (Wildman–Crippen LogP) is 2.76. The lowest BCUT2D eigenvalue weighted by Gasteiger charge is -2.13. The number of nitrogens with two attached hydrogens (primary N) is 1. The third-order valence-corrected chi connectivity index (χ3v) is 2.77. The van der Waals surface area contributed by atoms with Crippen LogP contribution < -0.4 is 11.1 Å². The van der Waals surface area contributed by atoms with Crippen molar-refractivity contribution in [2.75, 3.05) is 19.6 Å². The highest BCUT2D eigenvalue weighted by molar-refractivity contribution is 7.80. The highest BCUT2D eigenvalue weighted by Gasteiger charge is 1.90. The summed E-state index contributed by atoms with van der Waals surface area (Å²) in [5.41, 5.74) is 5.50. The maximum Gasteiger partial charge on any atom is 0.254 e. The van der Waals surface area contributed by atoms with E-state index >= 15 is 0 Å². The summed E-state index contributed by atoms with van der Waals surface area (Å²) >= 11 is 8.31. The lowest BCUT2D eigenvalue weighted by Crippen LogP contribution is -2.21. The molecule has 0 aliphatic heterocycles. The molecule has 0 saturated heterocycles. The van der Waals surface area contributed by atoms with Crippen LogP contribution in [0.1, 0.15) is 26.3 Å². The topological polar surface area (TPSA) is 81.8 Å². The molecule has 0 aliphatic carbocycles. The molecule has 0 heterocycles. The lowest BCUT2D eigenvalue weighted by molar-refractivity contribution is 0.321. The lowest BCUT2D eigenvalue weighted by atomic mass is 10.2. The Balaban J connectivity index is 0. The zero-order valence-corrected chi connectivity index (χ0v) is 15.1. The summed E-state index contributed by atoms with van der Waals surface area (Å²) in [5.74, 6) is 0. The molecule has 1 aromatic rings. The van der Waals surface area contributed by atoms with Crippen LogP contribution in [0.15, 0.2) is 30.3 Å². The summed E-state index contributed by atoms with van der Waals surface area (Å²) in [4.78, 5) is 2.38. The van der Waals surface area contributed by atoms with Crippen LogP contribution in [0.4, 0.5) is 0 Å². The Morgan fingerprint density at radius 1 is 1.05 bits per heavy atom. The van der Waals surface area contributed by atoms with Crippen LogP contribution in [0.5, 0.6) is 0 Å². The van der Waals surface area contributed by atoms with E-state index in [0.717, 1.165) is 5.56 Å². The number of thiocarbonyl (C=S) groups is 2. The fourth-order valence-corrected chi connectivity index (χ4v) is 1.52. The van der Waals surface area contributed by atoms with Gasteiger partial charge >= 0.3 is 0 Å². The molecule has 1 rings (SSSR count). The van der Waals surface area contributed by atoms with Crippen LogP contribution in [0.2, 0.25) is 0 Å². The van der Waals surface area contributed by atoms with Gasteiger partial charge in [-0.2, -0.15) is 0 Å². The zero-order valence-electron chi connectivity index (χ0n) is 13.5. The number of benzene rings is 1. The van der Waals surface area contributed by atoms with Gasteiger partial charge in [0.1, 0.15) is 0 Å². The Morgan fingerprint density at radius 2 is 1.45 bits per heavy atom. The first-order chi connectivity index (χ1) is 10.4. The van der Waals surface area contributed by atoms with Crippen LogP contribution in [0.25, 0.3) is 0 Å². The summed E-state index contributed by atoms with van der Waals surface area (Å²) in [6.45, 7) is 10.7. The Bertz CT molecular complexity index is 390. The number of hydrogen-bond donors (Lipinski definition) is 4. The van der Waals surface area contributed by atoms with Gasteiger partial charge < -0.3 is 26.2 Å². The van der Waals surface area contributed by atoms with E-state index in [2.05, 4.69) is 61.2 Å². The summed E-state index contributed by atoms with van der Waals surface area (Å²) in [6.07, 6.45) is 0. The average Bonchev–Trinajstić information content (AvgIpc) is 2.48. The van der Waals surface area contributed by atoms with Crippen molar-refractivity contribution >= 4 is 34.8 Å². The molecular formula is C15H27N3O2S2. The predicted molar refractivity (Wildman–Crippen MR) is 101 cm³/mol. The molecule has 0 amide bonds. The zero-order chi connectivity index (χ0) is 17.4. The summed E-state index contributed by atoms with van der Waals surface area (Å²) in [7, 11) is 0. The van der Waals surface area contributed by atoms with Gasteiger partial charge in [0.05, 0.1) is 0 Å². The van der Waals surface area contributed by atoms with Gasteiger partial charge in [-0.05, 0) is 49.6 Å². The SMILES string of the molecule is CCN(CC)CC.NC(O)=S.OC(=S)NCc1ccccc1. The minimum Gasteiger partial charge on any atom is -0.487 e. The quantitative estimate of drug-likeness (QED) is 0.611. The fraction of sp³-hybridized carbons (Fsp3) is 0.467. The van der Waals surface area contributed by atoms with Crippen LogP contribution in [0.3, 0.4) is 0 Å². The fourth-order valence-electron chi connectivity index (χ4n) is 1.44. The number of aliphatic hydroxyl groups excluding tert-OH is 2.